The van der Waals surface area contributed by atoms with E-state index in [1.807, 2.05) is 0 Å². The zero-order valence-corrected chi connectivity index (χ0v) is 12.7. The maximum atomic E-state index is 12.4. The number of hydrogen-bond donors (Lipinski definition) is 0. The van der Waals surface area contributed by atoms with Gasteiger partial charge in [-0.25, -0.2) is 0 Å². The Morgan fingerprint density at radius 3 is 2.45 bits per heavy atom. The van der Waals surface area contributed by atoms with Gasteiger partial charge in [0, 0.05) is 25.7 Å². The molecule has 120 valence electrons. The van der Waals surface area contributed by atoms with Crippen LogP contribution in [0.1, 0.15) is 27.2 Å². The van der Waals surface area contributed by atoms with Crippen LogP contribution in [0.4, 0.5) is 13.2 Å². The van der Waals surface area contributed by atoms with Gasteiger partial charge in [0.15, 0.2) is 0 Å². The number of hydrogen-bond acceptors (Lipinski definition) is 3. The second-order valence-corrected chi connectivity index (χ2v) is 6.81. The number of ether oxygens (including phenoxy) is 1. The van der Waals surface area contributed by atoms with E-state index in [1.165, 1.54) is 11.2 Å². The Kier molecular flexibility index (Phi) is 5.82. The molecule has 0 aromatic heterocycles. The molecular weight excluding hydrogens is 297 g/mol. The molecule has 0 spiro atoms. The largest absolute Gasteiger partial charge is 0.390 e. The van der Waals surface area contributed by atoms with Gasteiger partial charge in [0.1, 0.15) is 0 Å². The second-order valence-electron chi connectivity index (χ2n) is 4.93. The summed E-state index contributed by atoms with van der Waals surface area (Å²) in [6.07, 6.45) is -5.77. The minimum absolute atomic E-state index is 0.0108. The summed E-state index contributed by atoms with van der Waals surface area (Å²) in [5.74, 6) is 0. The van der Waals surface area contributed by atoms with Crippen molar-refractivity contribution in [3.8, 4) is 0 Å². The maximum absolute atomic E-state index is 12.4. The highest BCUT2D eigenvalue weighted by Crippen LogP contribution is 2.23. The lowest BCUT2D eigenvalue weighted by molar-refractivity contribution is -0.135. The molecule has 9 heteroatoms. The van der Waals surface area contributed by atoms with Crippen molar-refractivity contribution in [2.75, 3.05) is 26.2 Å². The SMILES string of the molecule is CCN(CCC(F)(F)F)S(=O)(=O)N1C[C@@H](C)OC[C@H]1C. The third-order valence-corrected chi connectivity index (χ3v) is 5.37. The topological polar surface area (TPSA) is 49.9 Å². The van der Waals surface area contributed by atoms with Gasteiger partial charge in [0.2, 0.25) is 0 Å². The summed E-state index contributed by atoms with van der Waals surface area (Å²) in [6, 6.07) is -0.379. The minimum atomic E-state index is -4.37. The van der Waals surface area contributed by atoms with Gasteiger partial charge in [-0.05, 0) is 13.8 Å². The van der Waals surface area contributed by atoms with E-state index in [4.69, 9.17) is 4.74 Å². The average molecular weight is 318 g/mol. The zero-order chi connectivity index (χ0) is 15.6. The van der Waals surface area contributed by atoms with Crippen molar-refractivity contribution in [2.24, 2.45) is 0 Å². The molecule has 5 nitrogen and oxygen atoms in total. The van der Waals surface area contributed by atoms with Gasteiger partial charge in [-0.1, -0.05) is 6.92 Å². The predicted octanol–water partition coefficient (Wildman–Crippen LogP) is 1.61. The first-order valence-corrected chi connectivity index (χ1v) is 7.93. The number of alkyl halides is 3. The van der Waals surface area contributed by atoms with E-state index in [-0.39, 0.29) is 31.8 Å². The third kappa shape index (κ3) is 4.57. The van der Waals surface area contributed by atoms with Gasteiger partial charge in [0.05, 0.1) is 19.1 Å². The molecule has 1 fully saturated rings. The number of morpholine rings is 1. The molecule has 1 heterocycles. The van der Waals surface area contributed by atoms with E-state index in [0.29, 0.717) is 0 Å². The van der Waals surface area contributed by atoms with Gasteiger partial charge < -0.3 is 4.74 Å². The Bertz CT molecular complexity index is 414. The number of nitrogens with zero attached hydrogens (tertiary/aromatic N) is 2. The average Bonchev–Trinajstić information content (AvgIpc) is 2.31. The van der Waals surface area contributed by atoms with Crippen LogP contribution < -0.4 is 0 Å². The highest BCUT2D eigenvalue weighted by molar-refractivity contribution is 7.86. The van der Waals surface area contributed by atoms with Gasteiger partial charge >= 0.3 is 6.18 Å². The molecule has 0 aliphatic carbocycles. The predicted molar refractivity (Wildman–Crippen MR) is 68.4 cm³/mol. The van der Waals surface area contributed by atoms with Crippen LogP contribution in [0, 0.1) is 0 Å². The maximum Gasteiger partial charge on any atom is 0.390 e. The molecule has 0 aromatic rings. The summed E-state index contributed by atoms with van der Waals surface area (Å²) in [5.41, 5.74) is 0. The van der Waals surface area contributed by atoms with E-state index in [9.17, 15) is 21.6 Å². The molecule has 2 atom stereocenters. The Hall–Kier alpha value is -0.380. The van der Waals surface area contributed by atoms with Crippen LogP contribution in [-0.4, -0.2) is 61.6 Å². The van der Waals surface area contributed by atoms with Crippen molar-refractivity contribution >= 4 is 10.2 Å². The summed E-state index contributed by atoms with van der Waals surface area (Å²) in [5, 5.41) is 0. The van der Waals surface area contributed by atoms with Gasteiger partial charge in [0.25, 0.3) is 10.2 Å². The lowest BCUT2D eigenvalue weighted by Crippen LogP contribution is -2.55. The first-order valence-electron chi connectivity index (χ1n) is 6.53. The standard InChI is InChI=1S/C11H21F3N2O3S/c1-4-15(6-5-11(12,13)14)20(17,18)16-7-10(3)19-8-9(16)2/h9-10H,4-8H2,1-3H3/t9-,10-/m1/s1. The first-order chi connectivity index (χ1) is 9.08. The Labute approximate surface area is 117 Å². The van der Waals surface area contributed by atoms with Crippen molar-refractivity contribution < 1.29 is 26.3 Å². The highest BCUT2D eigenvalue weighted by atomic mass is 32.2. The van der Waals surface area contributed by atoms with Crippen LogP contribution >= 0.6 is 0 Å². The fourth-order valence-electron chi connectivity index (χ4n) is 2.03. The highest BCUT2D eigenvalue weighted by Gasteiger charge is 2.38. The molecule has 1 aliphatic heterocycles. The van der Waals surface area contributed by atoms with Crippen LogP contribution in [0.2, 0.25) is 0 Å². The van der Waals surface area contributed by atoms with E-state index in [2.05, 4.69) is 0 Å². The molecule has 0 N–H and O–H groups in total. The smallest absolute Gasteiger partial charge is 0.375 e. The second kappa shape index (κ2) is 6.59. The van der Waals surface area contributed by atoms with Crippen LogP contribution in [0.5, 0.6) is 0 Å². The van der Waals surface area contributed by atoms with E-state index in [0.717, 1.165) is 4.31 Å². The van der Waals surface area contributed by atoms with Crippen molar-refractivity contribution in [3.63, 3.8) is 0 Å². The van der Waals surface area contributed by atoms with E-state index < -0.39 is 29.4 Å². The molecule has 1 rings (SSSR count). The van der Waals surface area contributed by atoms with E-state index in [1.54, 1.807) is 13.8 Å². The molecule has 0 radical (unpaired) electrons. The quantitative estimate of drug-likeness (QED) is 0.774. The van der Waals surface area contributed by atoms with Gasteiger partial charge in [-0.3, -0.25) is 0 Å². The molecule has 0 amide bonds. The zero-order valence-electron chi connectivity index (χ0n) is 11.9. The summed E-state index contributed by atoms with van der Waals surface area (Å²) in [7, 11) is -3.89. The lowest BCUT2D eigenvalue weighted by atomic mass is 10.2. The Morgan fingerprint density at radius 2 is 1.95 bits per heavy atom. The van der Waals surface area contributed by atoms with Crippen molar-refractivity contribution in [2.45, 2.75) is 45.5 Å². The molecule has 1 saturated heterocycles. The van der Waals surface area contributed by atoms with Crippen LogP contribution in [0.3, 0.4) is 0 Å². The van der Waals surface area contributed by atoms with Crippen molar-refractivity contribution in [3.05, 3.63) is 0 Å². The molecular formula is C11H21F3N2O3S. The first kappa shape index (κ1) is 17.7. The molecule has 0 saturated carbocycles. The molecule has 0 unspecified atom stereocenters. The molecule has 1 aliphatic rings. The fraction of sp³-hybridized carbons (Fsp3) is 1.00. The molecule has 20 heavy (non-hydrogen) atoms. The Balaban J connectivity index is 2.82. The van der Waals surface area contributed by atoms with Crippen LogP contribution in [0.15, 0.2) is 0 Å². The number of rotatable bonds is 5. The lowest BCUT2D eigenvalue weighted by Gasteiger charge is -2.38. The summed E-state index contributed by atoms with van der Waals surface area (Å²) >= 11 is 0. The molecule has 0 bridgehead atoms. The Morgan fingerprint density at radius 1 is 1.35 bits per heavy atom. The fourth-order valence-corrected chi connectivity index (χ4v) is 3.89. The third-order valence-electron chi connectivity index (χ3n) is 3.17. The van der Waals surface area contributed by atoms with Crippen LogP contribution in [0.25, 0.3) is 0 Å². The summed E-state index contributed by atoms with van der Waals surface area (Å²) < 4.78 is 69.1. The van der Waals surface area contributed by atoms with Gasteiger partial charge in [-0.2, -0.15) is 30.2 Å². The van der Waals surface area contributed by atoms with E-state index >= 15 is 0 Å². The monoisotopic (exact) mass is 318 g/mol. The van der Waals surface area contributed by atoms with Crippen LogP contribution in [-0.2, 0) is 14.9 Å². The normalized spacial score (nSPS) is 26.1. The number of halogens is 3. The molecule has 0 aromatic carbocycles. The van der Waals surface area contributed by atoms with Gasteiger partial charge in [-0.15, -0.1) is 0 Å². The summed E-state index contributed by atoms with van der Waals surface area (Å²) in [6.45, 7) is 4.81. The summed E-state index contributed by atoms with van der Waals surface area (Å²) in [4.78, 5) is 0. The van der Waals surface area contributed by atoms with Crippen molar-refractivity contribution in [1.82, 2.24) is 8.61 Å². The minimum Gasteiger partial charge on any atom is -0.375 e. The van der Waals surface area contributed by atoms with Crippen molar-refractivity contribution in [1.29, 1.82) is 0 Å².